The summed E-state index contributed by atoms with van der Waals surface area (Å²) in [6, 6.07) is 10.0. The highest BCUT2D eigenvalue weighted by atomic mass is 16.5. The average molecular weight is 549 g/mol. The predicted molar refractivity (Wildman–Crippen MR) is 161 cm³/mol. The topological polar surface area (TPSA) is 96.9 Å². The molecule has 3 aromatic heterocycles. The van der Waals surface area contributed by atoms with Gasteiger partial charge in [-0.1, -0.05) is 19.9 Å². The first kappa shape index (κ1) is 26.9. The number of Topliss-reactive ketones (excluding diaryl/α,β-unsaturated/α-hetero) is 1. The SMILES string of the molecule is CCC(=O)c1ccc(C2=Cc3c(ncnc3N3CCC(C)(c4nc(-c5ccc(OC)c(C)c5)c(C)[nH]4)CC3)C2)cn1. The van der Waals surface area contributed by atoms with Crippen LogP contribution in [-0.4, -0.2) is 50.9 Å². The molecule has 4 aromatic rings. The molecule has 1 aliphatic heterocycles. The van der Waals surface area contributed by atoms with Gasteiger partial charge in [-0.15, -0.1) is 0 Å². The van der Waals surface area contributed by atoms with Crippen molar-refractivity contribution >= 4 is 23.3 Å². The molecule has 210 valence electrons. The molecule has 8 heteroatoms. The van der Waals surface area contributed by atoms with Crippen molar-refractivity contribution in [3.05, 3.63) is 82.5 Å². The number of benzene rings is 1. The number of ether oxygens (including phenoxy) is 1. The van der Waals surface area contributed by atoms with Crippen LogP contribution in [0, 0.1) is 13.8 Å². The number of pyridine rings is 1. The van der Waals surface area contributed by atoms with Crippen molar-refractivity contribution in [3.8, 4) is 17.0 Å². The van der Waals surface area contributed by atoms with Crippen molar-refractivity contribution in [2.24, 2.45) is 0 Å². The molecule has 1 aliphatic carbocycles. The van der Waals surface area contributed by atoms with Crippen LogP contribution in [0.5, 0.6) is 5.75 Å². The van der Waals surface area contributed by atoms with E-state index in [9.17, 15) is 4.79 Å². The lowest BCUT2D eigenvalue weighted by molar-refractivity contribution is 0.0983. The molecule has 0 unspecified atom stereocenters. The summed E-state index contributed by atoms with van der Waals surface area (Å²) < 4.78 is 5.44. The van der Waals surface area contributed by atoms with Crippen LogP contribution < -0.4 is 9.64 Å². The molecular formula is C33H36N6O2. The summed E-state index contributed by atoms with van der Waals surface area (Å²) in [7, 11) is 1.70. The molecule has 0 atom stereocenters. The number of carbonyl (C=O) groups is 1. The lowest BCUT2D eigenvalue weighted by Crippen LogP contribution is -2.42. The number of aromatic nitrogens is 5. The Morgan fingerprint density at radius 2 is 1.85 bits per heavy atom. The summed E-state index contributed by atoms with van der Waals surface area (Å²) in [5.74, 6) is 2.98. The number of hydrogen-bond donors (Lipinski definition) is 1. The summed E-state index contributed by atoms with van der Waals surface area (Å²) in [4.78, 5) is 36.8. The highest BCUT2D eigenvalue weighted by molar-refractivity contribution is 5.95. The zero-order chi connectivity index (χ0) is 28.7. The van der Waals surface area contributed by atoms with Crippen molar-refractivity contribution in [2.45, 2.75) is 58.8 Å². The van der Waals surface area contributed by atoms with Gasteiger partial charge in [0.05, 0.1) is 18.5 Å². The van der Waals surface area contributed by atoms with Crippen LogP contribution >= 0.6 is 0 Å². The van der Waals surface area contributed by atoms with Crippen molar-refractivity contribution in [2.75, 3.05) is 25.1 Å². The van der Waals surface area contributed by atoms with Crippen LogP contribution in [0.4, 0.5) is 5.82 Å². The van der Waals surface area contributed by atoms with Gasteiger partial charge >= 0.3 is 0 Å². The van der Waals surface area contributed by atoms with Crippen molar-refractivity contribution < 1.29 is 9.53 Å². The van der Waals surface area contributed by atoms with Crippen LogP contribution in [0.15, 0.2) is 42.9 Å². The van der Waals surface area contributed by atoms with E-state index in [-0.39, 0.29) is 11.2 Å². The van der Waals surface area contributed by atoms with Gasteiger partial charge in [-0.3, -0.25) is 9.78 Å². The highest BCUT2D eigenvalue weighted by Gasteiger charge is 2.36. The molecule has 0 spiro atoms. The van der Waals surface area contributed by atoms with Crippen LogP contribution in [0.1, 0.15) is 77.5 Å². The van der Waals surface area contributed by atoms with E-state index in [2.05, 4.69) is 58.8 Å². The van der Waals surface area contributed by atoms with Crippen molar-refractivity contribution in [3.63, 3.8) is 0 Å². The quantitative estimate of drug-likeness (QED) is 0.277. The highest BCUT2D eigenvalue weighted by Crippen LogP contribution is 2.40. The number of piperidine rings is 1. The molecule has 0 radical (unpaired) electrons. The Balaban J connectivity index is 1.20. The number of anilines is 1. The lowest BCUT2D eigenvalue weighted by atomic mass is 9.79. The third kappa shape index (κ3) is 4.92. The van der Waals surface area contributed by atoms with Gasteiger partial charge in [-0.25, -0.2) is 15.0 Å². The molecule has 4 heterocycles. The average Bonchev–Trinajstić information content (AvgIpc) is 3.61. The molecule has 1 aromatic carbocycles. The van der Waals surface area contributed by atoms with Gasteiger partial charge in [0.2, 0.25) is 0 Å². The molecule has 2 aliphatic rings. The van der Waals surface area contributed by atoms with Gasteiger partial charge in [0.25, 0.3) is 0 Å². The van der Waals surface area contributed by atoms with Crippen LogP contribution in [-0.2, 0) is 11.8 Å². The number of hydrogen-bond acceptors (Lipinski definition) is 7. The predicted octanol–water partition coefficient (Wildman–Crippen LogP) is 6.13. The van der Waals surface area contributed by atoms with Gasteiger partial charge in [0.1, 0.15) is 29.4 Å². The number of fused-ring (bicyclic) bond motifs is 1. The Morgan fingerprint density at radius 3 is 2.54 bits per heavy atom. The lowest BCUT2D eigenvalue weighted by Gasteiger charge is -2.39. The normalized spacial score (nSPS) is 15.9. The minimum absolute atomic E-state index is 0.0540. The second kappa shape index (κ2) is 10.6. The van der Waals surface area contributed by atoms with Crippen molar-refractivity contribution in [1.82, 2.24) is 24.9 Å². The van der Waals surface area contributed by atoms with Crippen molar-refractivity contribution in [1.29, 1.82) is 0 Å². The van der Waals surface area contributed by atoms with Gasteiger partial charge < -0.3 is 14.6 Å². The third-order valence-electron chi connectivity index (χ3n) is 8.65. The van der Waals surface area contributed by atoms with Gasteiger partial charge in [0, 0.05) is 54.4 Å². The molecule has 6 rings (SSSR count). The molecule has 0 saturated carbocycles. The molecule has 0 amide bonds. The molecule has 41 heavy (non-hydrogen) atoms. The van der Waals surface area contributed by atoms with E-state index in [1.54, 1.807) is 19.6 Å². The Morgan fingerprint density at radius 1 is 1.07 bits per heavy atom. The van der Waals surface area contributed by atoms with E-state index in [0.29, 0.717) is 12.1 Å². The first-order valence-electron chi connectivity index (χ1n) is 14.3. The van der Waals surface area contributed by atoms with E-state index in [0.717, 1.165) is 94.7 Å². The van der Waals surface area contributed by atoms with Crippen LogP contribution in [0.3, 0.4) is 0 Å². The number of H-pyrrole nitrogens is 1. The van der Waals surface area contributed by atoms with Crippen LogP contribution in [0.2, 0.25) is 0 Å². The number of carbonyl (C=O) groups excluding carboxylic acids is 1. The fourth-order valence-corrected chi connectivity index (χ4v) is 5.98. The molecule has 1 fully saturated rings. The monoisotopic (exact) mass is 548 g/mol. The number of nitrogens with one attached hydrogen (secondary N) is 1. The molecule has 1 N–H and O–H groups in total. The smallest absolute Gasteiger partial charge is 0.180 e. The fourth-order valence-electron chi connectivity index (χ4n) is 5.98. The number of aromatic amines is 1. The first-order chi connectivity index (χ1) is 19.8. The summed E-state index contributed by atoms with van der Waals surface area (Å²) >= 11 is 0. The fraction of sp³-hybridized carbons (Fsp3) is 0.364. The maximum Gasteiger partial charge on any atom is 0.180 e. The van der Waals surface area contributed by atoms with Crippen LogP contribution in [0.25, 0.3) is 22.9 Å². The Kier molecular flexibility index (Phi) is 6.93. The van der Waals surface area contributed by atoms with E-state index in [4.69, 9.17) is 14.7 Å². The number of rotatable bonds is 7. The second-order valence-electron chi connectivity index (χ2n) is 11.4. The maximum absolute atomic E-state index is 12.0. The number of allylic oxidation sites excluding steroid dienone is 1. The molecule has 8 nitrogen and oxygen atoms in total. The zero-order valence-electron chi connectivity index (χ0n) is 24.4. The third-order valence-corrected chi connectivity index (χ3v) is 8.65. The number of ketones is 1. The van der Waals surface area contributed by atoms with Gasteiger partial charge in [0.15, 0.2) is 5.78 Å². The Hall–Kier alpha value is -4.33. The number of imidazole rings is 1. The molecule has 1 saturated heterocycles. The Bertz CT molecular complexity index is 1640. The van der Waals surface area contributed by atoms with Gasteiger partial charge in [-0.2, -0.15) is 0 Å². The molecular weight excluding hydrogens is 512 g/mol. The second-order valence-corrected chi connectivity index (χ2v) is 11.4. The van der Waals surface area contributed by atoms with E-state index in [1.807, 2.05) is 25.1 Å². The summed E-state index contributed by atoms with van der Waals surface area (Å²) in [6.45, 7) is 10.1. The summed E-state index contributed by atoms with van der Waals surface area (Å²) in [6.07, 6.45) is 8.79. The minimum Gasteiger partial charge on any atom is -0.496 e. The zero-order valence-corrected chi connectivity index (χ0v) is 24.4. The minimum atomic E-state index is -0.0540. The first-order valence-corrected chi connectivity index (χ1v) is 14.3. The van der Waals surface area contributed by atoms with E-state index in [1.165, 1.54) is 0 Å². The number of methoxy groups -OCH3 is 1. The number of aryl methyl sites for hydroxylation is 2. The van der Waals surface area contributed by atoms with E-state index < -0.39 is 0 Å². The molecule has 0 bridgehead atoms. The summed E-state index contributed by atoms with van der Waals surface area (Å²) in [5, 5.41) is 0. The Labute approximate surface area is 240 Å². The number of nitrogens with zero attached hydrogens (tertiary/aromatic N) is 5. The maximum atomic E-state index is 12.0. The largest absolute Gasteiger partial charge is 0.496 e. The standard InChI is InChI=1S/C33H36N6O2/c1-6-28(40)26-9-7-23(18-34-26)24-16-25-27(17-24)35-19-36-31(25)39-13-11-33(4,12-14-39)32-37-21(3)30(38-32)22-8-10-29(41-5)20(2)15-22/h7-10,15-16,18-19H,6,11-14,17H2,1-5H3,(H,37,38). The van der Waals surface area contributed by atoms with E-state index >= 15 is 0 Å². The van der Waals surface area contributed by atoms with Gasteiger partial charge in [-0.05, 0) is 73.7 Å². The summed E-state index contributed by atoms with van der Waals surface area (Å²) in [5.41, 5.74) is 9.04.